The molecule has 1 saturated carbocycles. The highest BCUT2D eigenvalue weighted by Gasteiger charge is 2.20. The third-order valence-electron chi connectivity index (χ3n) is 3.57. The average Bonchev–Trinajstić information content (AvgIpc) is 2.36. The van der Waals surface area contributed by atoms with Crippen LogP contribution in [0, 0.1) is 16.0 Å². The van der Waals surface area contributed by atoms with Crippen LogP contribution in [0.5, 0.6) is 0 Å². The van der Waals surface area contributed by atoms with Gasteiger partial charge in [-0.25, -0.2) is 0 Å². The summed E-state index contributed by atoms with van der Waals surface area (Å²) in [6.07, 6.45) is 3.67. The van der Waals surface area contributed by atoms with E-state index in [2.05, 4.69) is 5.32 Å². The zero-order valence-electron chi connectivity index (χ0n) is 10.7. The first-order valence-electron chi connectivity index (χ1n) is 6.52. The maximum atomic E-state index is 10.7. The zero-order chi connectivity index (χ0) is 13.8. The molecule has 19 heavy (non-hydrogen) atoms. The first kappa shape index (κ1) is 13.6. The molecule has 0 saturated heterocycles. The predicted molar refractivity (Wildman–Crippen MR) is 74.0 cm³/mol. The number of rotatable bonds is 4. The maximum Gasteiger partial charge on any atom is 0.292 e. The van der Waals surface area contributed by atoms with Crippen molar-refractivity contribution in [1.82, 2.24) is 0 Å². The lowest BCUT2D eigenvalue weighted by Crippen LogP contribution is -2.25. The van der Waals surface area contributed by atoms with Gasteiger partial charge < -0.3 is 16.2 Å². The minimum Gasteiger partial charge on any atom is -0.393 e. The third-order valence-corrected chi connectivity index (χ3v) is 3.57. The molecule has 0 bridgehead atoms. The second-order valence-electron chi connectivity index (χ2n) is 5.10. The van der Waals surface area contributed by atoms with Gasteiger partial charge in [-0.1, -0.05) is 6.42 Å². The fourth-order valence-electron chi connectivity index (χ4n) is 2.54. The molecule has 1 fully saturated rings. The van der Waals surface area contributed by atoms with Gasteiger partial charge in [0, 0.05) is 18.3 Å². The van der Waals surface area contributed by atoms with E-state index in [1.807, 2.05) is 0 Å². The Kier molecular flexibility index (Phi) is 4.21. The molecule has 0 heterocycles. The zero-order valence-corrected chi connectivity index (χ0v) is 10.7. The number of nitrogen functional groups attached to an aromatic ring is 1. The van der Waals surface area contributed by atoms with Gasteiger partial charge in [-0.15, -0.1) is 0 Å². The molecular weight excluding hydrogens is 246 g/mol. The van der Waals surface area contributed by atoms with Crippen LogP contribution in [0.2, 0.25) is 0 Å². The van der Waals surface area contributed by atoms with Crippen molar-refractivity contribution in [3.63, 3.8) is 0 Å². The Labute approximate surface area is 111 Å². The normalized spacial score (nSPS) is 23.0. The fourth-order valence-corrected chi connectivity index (χ4v) is 2.54. The molecule has 1 aromatic rings. The first-order valence-corrected chi connectivity index (χ1v) is 6.52. The highest BCUT2D eigenvalue weighted by Crippen LogP contribution is 2.27. The Morgan fingerprint density at radius 2 is 2.26 bits per heavy atom. The molecule has 4 N–H and O–H groups in total. The highest BCUT2D eigenvalue weighted by atomic mass is 16.6. The number of anilines is 2. The average molecular weight is 265 g/mol. The molecule has 2 rings (SSSR count). The van der Waals surface area contributed by atoms with Gasteiger partial charge in [-0.3, -0.25) is 10.1 Å². The summed E-state index contributed by atoms with van der Waals surface area (Å²) in [5, 5.41) is 23.5. The van der Waals surface area contributed by atoms with Gasteiger partial charge in [0.05, 0.1) is 11.0 Å². The number of nitro benzene ring substituents is 1. The van der Waals surface area contributed by atoms with Crippen molar-refractivity contribution in [3.8, 4) is 0 Å². The van der Waals surface area contributed by atoms with Gasteiger partial charge in [0.2, 0.25) is 0 Å². The number of benzene rings is 1. The summed E-state index contributed by atoms with van der Waals surface area (Å²) in [4.78, 5) is 10.2. The molecule has 104 valence electrons. The molecule has 1 aliphatic carbocycles. The Bertz CT molecular complexity index is 464. The van der Waals surface area contributed by atoms with E-state index in [4.69, 9.17) is 5.73 Å². The summed E-state index contributed by atoms with van der Waals surface area (Å²) >= 11 is 0. The summed E-state index contributed by atoms with van der Waals surface area (Å²) < 4.78 is 0. The highest BCUT2D eigenvalue weighted by molar-refractivity contribution is 5.65. The molecular formula is C13H19N3O3. The Morgan fingerprint density at radius 1 is 1.47 bits per heavy atom. The molecule has 1 aliphatic rings. The molecule has 2 atom stereocenters. The monoisotopic (exact) mass is 265 g/mol. The second kappa shape index (κ2) is 5.88. The van der Waals surface area contributed by atoms with Crippen LogP contribution in [0.3, 0.4) is 0 Å². The van der Waals surface area contributed by atoms with Gasteiger partial charge in [0.15, 0.2) is 0 Å². The minimum absolute atomic E-state index is 0.0707. The fraction of sp³-hybridized carbons (Fsp3) is 0.538. The molecule has 0 radical (unpaired) electrons. The van der Waals surface area contributed by atoms with Crippen LogP contribution in [-0.4, -0.2) is 22.7 Å². The Hall–Kier alpha value is -1.82. The smallest absolute Gasteiger partial charge is 0.292 e. The number of hydrogen-bond donors (Lipinski definition) is 3. The first-order chi connectivity index (χ1) is 9.06. The van der Waals surface area contributed by atoms with E-state index in [0.29, 0.717) is 5.92 Å². The number of hydrogen-bond acceptors (Lipinski definition) is 5. The van der Waals surface area contributed by atoms with Crippen LogP contribution in [0.25, 0.3) is 0 Å². The van der Waals surface area contributed by atoms with Crippen molar-refractivity contribution in [1.29, 1.82) is 0 Å². The third kappa shape index (κ3) is 3.57. The van der Waals surface area contributed by atoms with Crippen molar-refractivity contribution < 1.29 is 10.0 Å². The summed E-state index contributed by atoms with van der Waals surface area (Å²) in [6.45, 7) is 0.758. The summed E-state index contributed by atoms with van der Waals surface area (Å²) in [5.74, 6) is 0.445. The molecule has 0 spiro atoms. The molecule has 6 nitrogen and oxygen atoms in total. The van der Waals surface area contributed by atoms with E-state index in [1.54, 1.807) is 12.1 Å². The number of nitro groups is 1. The van der Waals surface area contributed by atoms with Gasteiger partial charge in [0.25, 0.3) is 5.69 Å². The molecule has 6 heteroatoms. The number of nitrogens with zero attached hydrogens (tertiary/aromatic N) is 1. The van der Waals surface area contributed by atoms with Crippen molar-refractivity contribution in [3.05, 3.63) is 28.3 Å². The number of nitrogens with one attached hydrogen (secondary N) is 1. The van der Waals surface area contributed by atoms with E-state index in [-0.39, 0.29) is 17.5 Å². The van der Waals surface area contributed by atoms with E-state index in [9.17, 15) is 15.2 Å². The quantitative estimate of drug-likeness (QED) is 0.440. The van der Waals surface area contributed by atoms with Crippen LogP contribution >= 0.6 is 0 Å². The molecule has 0 amide bonds. The van der Waals surface area contributed by atoms with E-state index >= 15 is 0 Å². The number of nitrogens with two attached hydrogens (primary N) is 1. The van der Waals surface area contributed by atoms with Crippen molar-refractivity contribution >= 4 is 17.1 Å². The predicted octanol–water partition coefficient (Wildman–Crippen LogP) is 2.14. The lowest BCUT2D eigenvalue weighted by atomic mass is 9.87. The minimum atomic E-state index is -0.489. The molecule has 2 unspecified atom stereocenters. The largest absolute Gasteiger partial charge is 0.393 e. The summed E-state index contributed by atoms with van der Waals surface area (Å²) in [6, 6.07) is 4.65. The Balaban J connectivity index is 1.92. The van der Waals surface area contributed by atoms with E-state index < -0.39 is 4.92 Å². The lowest BCUT2D eigenvalue weighted by Gasteiger charge is -2.26. The van der Waals surface area contributed by atoms with Crippen LogP contribution in [0.1, 0.15) is 25.7 Å². The standard InChI is InChI=1S/C13H19N3O3/c14-12-7-10(4-5-13(12)16(18)19)15-8-9-2-1-3-11(17)6-9/h4-5,7,9,11,15,17H,1-3,6,8,14H2. The summed E-state index contributed by atoms with van der Waals surface area (Å²) in [7, 11) is 0. The molecule has 1 aromatic carbocycles. The molecule has 0 aromatic heterocycles. The molecule has 0 aliphatic heterocycles. The van der Waals surface area contributed by atoms with Gasteiger partial charge in [0.1, 0.15) is 5.69 Å². The Morgan fingerprint density at radius 3 is 2.89 bits per heavy atom. The van der Waals surface area contributed by atoms with Crippen molar-refractivity contribution in [2.45, 2.75) is 31.8 Å². The van der Waals surface area contributed by atoms with Crippen LogP contribution < -0.4 is 11.1 Å². The lowest BCUT2D eigenvalue weighted by molar-refractivity contribution is -0.383. The topological polar surface area (TPSA) is 101 Å². The maximum absolute atomic E-state index is 10.7. The van der Waals surface area contributed by atoms with E-state index in [0.717, 1.165) is 37.9 Å². The van der Waals surface area contributed by atoms with Crippen molar-refractivity contribution in [2.75, 3.05) is 17.6 Å². The van der Waals surface area contributed by atoms with Gasteiger partial charge in [-0.05, 0) is 37.3 Å². The SMILES string of the molecule is Nc1cc(NCC2CCCC(O)C2)ccc1[N+](=O)[O-]. The van der Waals surface area contributed by atoms with Crippen LogP contribution in [-0.2, 0) is 0 Å². The van der Waals surface area contributed by atoms with Crippen LogP contribution in [0.15, 0.2) is 18.2 Å². The van der Waals surface area contributed by atoms with Crippen LogP contribution in [0.4, 0.5) is 17.1 Å². The van der Waals surface area contributed by atoms with E-state index in [1.165, 1.54) is 6.07 Å². The second-order valence-corrected chi connectivity index (χ2v) is 5.10. The van der Waals surface area contributed by atoms with Gasteiger partial charge in [-0.2, -0.15) is 0 Å². The number of aliphatic hydroxyl groups is 1. The number of aliphatic hydroxyl groups excluding tert-OH is 1. The van der Waals surface area contributed by atoms with Gasteiger partial charge >= 0.3 is 0 Å². The summed E-state index contributed by atoms with van der Waals surface area (Å²) in [5.41, 5.74) is 6.51. The van der Waals surface area contributed by atoms with Crippen molar-refractivity contribution in [2.24, 2.45) is 5.92 Å².